The van der Waals surface area contributed by atoms with Gasteiger partial charge >= 0.3 is 0 Å². The number of hydrogen-bond donors (Lipinski definition) is 2. The van der Waals surface area contributed by atoms with E-state index in [-0.39, 0.29) is 11.4 Å². The maximum Gasteiger partial charge on any atom is 0.253 e. The molecule has 0 aliphatic heterocycles. The standard InChI is InChI=1S/C9H15N3O2S/c1-14-4-2-3-5-15-9-11-7(10)6-8(13)12-9/h6H,2-5H2,1H3,(H3,10,11,12,13). The number of hydrogen-bond acceptors (Lipinski definition) is 5. The molecule has 0 aromatic carbocycles. The van der Waals surface area contributed by atoms with Crippen LogP contribution in [0.25, 0.3) is 0 Å². The number of aromatic amines is 1. The highest BCUT2D eigenvalue weighted by atomic mass is 32.2. The molecule has 15 heavy (non-hydrogen) atoms. The number of nitrogens with zero attached hydrogens (tertiary/aromatic N) is 1. The topological polar surface area (TPSA) is 81.0 Å². The van der Waals surface area contributed by atoms with E-state index in [1.54, 1.807) is 7.11 Å². The molecule has 3 N–H and O–H groups in total. The Morgan fingerprint density at radius 1 is 1.60 bits per heavy atom. The van der Waals surface area contributed by atoms with E-state index in [2.05, 4.69) is 9.97 Å². The van der Waals surface area contributed by atoms with Crippen LogP contribution in [0.15, 0.2) is 16.0 Å². The summed E-state index contributed by atoms with van der Waals surface area (Å²) in [5.41, 5.74) is 5.24. The molecule has 1 rings (SSSR count). The Labute approximate surface area is 92.4 Å². The van der Waals surface area contributed by atoms with Crippen LogP contribution in [0.4, 0.5) is 5.82 Å². The second-order valence-corrected chi connectivity index (χ2v) is 4.11. The van der Waals surface area contributed by atoms with Crippen molar-refractivity contribution in [1.82, 2.24) is 9.97 Å². The minimum Gasteiger partial charge on any atom is -0.385 e. The number of aromatic nitrogens is 2. The summed E-state index contributed by atoms with van der Waals surface area (Å²) < 4.78 is 4.93. The molecule has 0 bridgehead atoms. The number of nitrogens with one attached hydrogen (secondary N) is 1. The normalized spacial score (nSPS) is 10.5. The lowest BCUT2D eigenvalue weighted by molar-refractivity contribution is 0.194. The molecule has 0 aliphatic carbocycles. The van der Waals surface area contributed by atoms with Gasteiger partial charge in [0.15, 0.2) is 5.16 Å². The van der Waals surface area contributed by atoms with Gasteiger partial charge in [-0.15, -0.1) is 0 Å². The first-order valence-electron chi connectivity index (χ1n) is 4.71. The molecule has 0 amide bonds. The van der Waals surface area contributed by atoms with Gasteiger partial charge in [0.05, 0.1) is 0 Å². The molecular weight excluding hydrogens is 214 g/mol. The Morgan fingerprint density at radius 3 is 3.07 bits per heavy atom. The molecular formula is C9H15N3O2S. The van der Waals surface area contributed by atoms with Gasteiger partial charge in [0, 0.05) is 25.5 Å². The number of rotatable bonds is 6. The van der Waals surface area contributed by atoms with Crippen LogP contribution in [-0.4, -0.2) is 29.4 Å². The van der Waals surface area contributed by atoms with Gasteiger partial charge in [0.2, 0.25) is 0 Å². The van der Waals surface area contributed by atoms with Gasteiger partial charge in [-0.1, -0.05) is 11.8 Å². The maximum absolute atomic E-state index is 11.0. The van der Waals surface area contributed by atoms with Crippen molar-refractivity contribution >= 4 is 17.6 Å². The number of unbranched alkanes of at least 4 members (excludes halogenated alkanes) is 1. The van der Waals surface area contributed by atoms with Crippen LogP contribution in [0.3, 0.4) is 0 Å². The third-order valence-corrected chi connectivity index (χ3v) is 2.68. The van der Waals surface area contributed by atoms with Crippen LogP contribution in [0.2, 0.25) is 0 Å². The minimum atomic E-state index is -0.207. The van der Waals surface area contributed by atoms with Crippen LogP contribution in [0.1, 0.15) is 12.8 Å². The minimum absolute atomic E-state index is 0.207. The molecule has 0 fully saturated rings. The molecule has 0 unspecified atom stereocenters. The second kappa shape index (κ2) is 6.47. The molecule has 5 nitrogen and oxygen atoms in total. The molecule has 6 heteroatoms. The zero-order chi connectivity index (χ0) is 11.1. The Balaban J connectivity index is 2.34. The molecule has 0 atom stereocenters. The summed E-state index contributed by atoms with van der Waals surface area (Å²) in [5.74, 6) is 1.16. The van der Waals surface area contributed by atoms with E-state index in [1.807, 2.05) is 0 Å². The third kappa shape index (κ3) is 4.85. The van der Waals surface area contributed by atoms with Crippen LogP contribution < -0.4 is 11.3 Å². The summed E-state index contributed by atoms with van der Waals surface area (Å²) in [5, 5.41) is 0.581. The number of nitrogen functional groups attached to an aromatic ring is 1. The quantitative estimate of drug-likeness (QED) is 0.430. The van der Waals surface area contributed by atoms with Crippen molar-refractivity contribution in [3.05, 3.63) is 16.4 Å². The number of nitrogens with two attached hydrogens (primary N) is 1. The van der Waals surface area contributed by atoms with Crippen molar-refractivity contribution in [3.8, 4) is 0 Å². The third-order valence-electron chi connectivity index (χ3n) is 1.72. The first kappa shape index (κ1) is 12.1. The summed E-state index contributed by atoms with van der Waals surface area (Å²) in [4.78, 5) is 17.7. The van der Waals surface area contributed by atoms with Gasteiger partial charge in [0.25, 0.3) is 5.56 Å². The van der Waals surface area contributed by atoms with E-state index in [4.69, 9.17) is 10.5 Å². The average Bonchev–Trinajstić information content (AvgIpc) is 2.16. The van der Waals surface area contributed by atoms with Crippen molar-refractivity contribution in [2.45, 2.75) is 18.0 Å². The molecule has 0 spiro atoms. The Morgan fingerprint density at radius 2 is 2.40 bits per heavy atom. The molecule has 0 aliphatic rings. The highest BCUT2D eigenvalue weighted by Gasteiger charge is 1.99. The zero-order valence-corrected chi connectivity index (χ0v) is 9.47. The summed E-state index contributed by atoms with van der Waals surface area (Å²) in [6, 6.07) is 1.27. The lowest BCUT2D eigenvalue weighted by Crippen LogP contribution is -2.09. The molecule has 0 radical (unpaired) electrons. The summed E-state index contributed by atoms with van der Waals surface area (Å²) in [6.07, 6.45) is 2.03. The predicted octanol–water partition coefficient (Wildman–Crippen LogP) is 0.871. The van der Waals surface area contributed by atoms with Gasteiger partial charge in [-0.25, -0.2) is 4.98 Å². The van der Waals surface area contributed by atoms with Crippen molar-refractivity contribution in [1.29, 1.82) is 0 Å². The molecule has 0 saturated heterocycles. The summed E-state index contributed by atoms with van der Waals surface area (Å²) in [6.45, 7) is 0.765. The Hall–Kier alpha value is -1.01. The fraction of sp³-hybridized carbons (Fsp3) is 0.556. The zero-order valence-electron chi connectivity index (χ0n) is 8.66. The highest BCUT2D eigenvalue weighted by molar-refractivity contribution is 7.99. The second-order valence-electron chi connectivity index (χ2n) is 3.02. The van der Waals surface area contributed by atoms with Crippen molar-refractivity contribution in [3.63, 3.8) is 0 Å². The van der Waals surface area contributed by atoms with Crippen LogP contribution >= 0.6 is 11.8 Å². The summed E-state index contributed by atoms with van der Waals surface area (Å²) >= 11 is 1.50. The number of thioether (sulfide) groups is 1. The van der Waals surface area contributed by atoms with Gasteiger partial charge in [-0.05, 0) is 12.8 Å². The molecule has 1 aromatic heterocycles. The van der Waals surface area contributed by atoms with Gasteiger partial charge < -0.3 is 15.5 Å². The number of anilines is 1. The van der Waals surface area contributed by atoms with E-state index >= 15 is 0 Å². The fourth-order valence-electron chi connectivity index (χ4n) is 1.04. The lowest BCUT2D eigenvalue weighted by atomic mass is 10.4. The number of ether oxygens (including phenoxy) is 1. The van der Waals surface area contributed by atoms with E-state index < -0.39 is 0 Å². The van der Waals surface area contributed by atoms with Crippen molar-refractivity contribution < 1.29 is 4.74 Å². The average molecular weight is 229 g/mol. The first-order valence-corrected chi connectivity index (χ1v) is 5.69. The molecule has 1 heterocycles. The van der Waals surface area contributed by atoms with E-state index in [0.717, 1.165) is 25.2 Å². The van der Waals surface area contributed by atoms with E-state index in [9.17, 15) is 4.79 Å². The van der Waals surface area contributed by atoms with Crippen molar-refractivity contribution in [2.24, 2.45) is 0 Å². The van der Waals surface area contributed by atoms with Crippen LogP contribution in [0.5, 0.6) is 0 Å². The maximum atomic E-state index is 11.0. The van der Waals surface area contributed by atoms with Crippen molar-refractivity contribution in [2.75, 3.05) is 25.2 Å². The summed E-state index contributed by atoms with van der Waals surface area (Å²) in [7, 11) is 1.68. The SMILES string of the molecule is COCCCCSc1nc(N)cc(=O)[nH]1. The number of methoxy groups -OCH3 is 1. The molecule has 0 saturated carbocycles. The van der Waals surface area contributed by atoms with Gasteiger partial charge in [-0.2, -0.15) is 0 Å². The Bertz CT molecular complexity index is 353. The highest BCUT2D eigenvalue weighted by Crippen LogP contribution is 2.13. The fourth-order valence-corrected chi connectivity index (χ4v) is 1.92. The van der Waals surface area contributed by atoms with Gasteiger partial charge in [0.1, 0.15) is 5.82 Å². The lowest BCUT2D eigenvalue weighted by Gasteiger charge is -2.01. The molecule has 1 aromatic rings. The predicted molar refractivity (Wildman–Crippen MR) is 61.1 cm³/mol. The smallest absolute Gasteiger partial charge is 0.253 e. The monoisotopic (exact) mass is 229 g/mol. The first-order chi connectivity index (χ1) is 7.22. The van der Waals surface area contributed by atoms with Gasteiger partial charge in [-0.3, -0.25) is 4.79 Å². The van der Waals surface area contributed by atoms with E-state index in [0.29, 0.717) is 5.16 Å². The number of H-pyrrole nitrogens is 1. The van der Waals surface area contributed by atoms with E-state index in [1.165, 1.54) is 17.8 Å². The largest absolute Gasteiger partial charge is 0.385 e. The Kier molecular flexibility index (Phi) is 5.20. The van der Waals surface area contributed by atoms with Crippen LogP contribution in [0, 0.1) is 0 Å². The molecule has 84 valence electrons. The van der Waals surface area contributed by atoms with Crippen LogP contribution in [-0.2, 0) is 4.74 Å².